The van der Waals surface area contributed by atoms with Crippen LogP contribution in [0.3, 0.4) is 0 Å². The highest BCUT2D eigenvalue weighted by molar-refractivity contribution is 7.11. The number of rotatable bonds is 1. The number of carbonyl (C=O) groups is 1. The van der Waals surface area contributed by atoms with Crippen molar-refractivity contribution < 1.29 is 9.18 Å². The molecule has 1 N–H and O–H groups in total. The summed E-state index contributed by atoms with van der Waals surface area (Å²) in [4.78, 5) is 13.4. The second kappa shape index (κ2) is 4.38. The molecule has 3 rings (SSSR count). The average molecular weight is 290 g/mol. The Labute approximate surface area is 120 Å². The topological polar surface area (TPSA) is 45.9 Å². The molecule has 0 unspecified atom stereocenters. The van der Waals surface area contributed by atoms with E-state index in [9.17, 15) is 9.18 Å². The van der Waals surface area contributed by atoms with E-state index in [1.807, 2.05) is 13.8 Å². The number of benzene rings is 1. The molecule has 20 heavy (non-hydrogen) atoms. The number of carbonyl (C=O) groups excluding carboxylic acids is 1. The fourth-order valence-corrected chi connectivity index (χ4v) is 3.75. The smallest absolute Gasteiger partial charge is 0.187 e. The number of hydrogen-bond donors (Lipinski definition) is 1. The predicted octanol–water partition coefficient (Wildman–Crippen LogP) is 3.31. The third kappa shape index (κ3) is 1.93. The molecule has 0 radical (unpaired) electrons. The highest BCUT2D eigenvalue weighted by atomic mass is 32.1. The van der Waals surface area contributed by atoms with E-state index in [1.165, 1.54) is 23.5 Å². The van der Waals surface area contributed by atoms with Crippen molar-refractivity contribution >= 4 is 17.1 Å². The van der Waals surface area contributed by atoms with E-state index >= 15 is 0 Å². The van der Waals surface area contributed by atoms with Crippen molar-refractivity contribution in [1.82, 2.24) is 4.57 Å². The summed E-state index contributed by atoms with van der Waals surface area (Å²) in [6, 6.07) is 6.16. The fraction of sp³-hybridized carbons (Fsp3) is 0.333. The van der Waals surface area contributed by atoms with Crippen LogP contribution in [0.5, 0.6) is 0 Å². The Morgan fingerprint density at radius 2 is 2.15 bits per heavy atom. The lowest BCUT2D eigenvalue weighted by Gasteiger charge is -2.27. The fourth-order valence-electron chi connectivity index (χ4n) is 2.57. The van der Waals surface area contributed by atoms with Crippen molar-refractivity contribution in [2.24, 2.45) is 5.41 Å². The summed E-state index contributed by atoms with van der Waals surface area (Å²) in [6.45, 7) is 3.88. The van der Waals surface area contributed by atoms with Crippen molar-refractivity contribution in [3.63, 3.8) is 0 Å². The molecule has 1 aliphatic carbocycles. The Morgan fingerprint density at radius 1 is 1.40 bits per heavy atom. The summed E-state index contributed by atoms with van der Waals surface area (Å²) in [5.41, 5.74) is 1.08. The molecule has 0 saturated carbocycles. The highest BCUT2D eigenvalue weighted by Gasteiger charge is 2.37. The van der Waals surface area contributed by atoms with Crippen LogP contribution in [0.4, 0.5) is 4.39 Å². The molecule has 0 amide bonds. The number of nitrogens with one attached hydrogen (secondary N) is 1. The Balaban J connectivity index is 2.21. The van der Waals surface area contributed by atoms with Gasteiger partial charge in [0.25, 0.3) is 0 Å². The van der Waals surface area contributed by atoms with Gasteiger partial charge < -0.3 is 0 Å². The monoisotopic (exact) mass is 290 g/mol. The van der Waals surface area contributed by atoms with Gasteiger partial charge in [0.05, 0.1) is 10.6 Å². The second-order valence-electron chi connectivity index (χ2n) is 5.71. The minimum Gasteiger partial charge on any atom is -0.293 e. The molecule has 0 fully saturated rings. The molecule has 0 bridgehead atoms. The number of halogens is 1. The molecule has 1 aromatic carbocycles. The van der Waals surface area contributed by atoms with Crippen LogP contribution in [0.15, 0.2) is 24.3 Å². The number of aromatic nitrogens is 1. The number of ketones is 1. The first-order valence-electron chi connectivity index (χ1n) is 6.50. The molecule has 0 spiro atoms. The zero-order valence-corrected chi connectivity index (χ0v) is 12.2. The van der Waals surface area contributed by atoms with Crippen LogP contribution in [0.1, 0.15) is 35.6 Å². The highest BCUT2D eigenvalue weighted by Crippen LogP contribution is 2.36. The standard InChI is InChI=1S/C15H15FN2OS/c1-15(2)7-6-11-12(13(15)19)20-14(17)18(11)10-5-3-4-9(16)8-10/h3-5,8,17H,6-7H2,1-2H3. The molecule has 1 aliphatic rings. The Hall–Kier alpha value is -1.75. The molecule has 0 atom stereocenters. The van der Waals surface area contributed by atoms with Crippen LogP contribution in [-0.2, 0) is 6.42 Å². The third-order valence-corrected chi connectivity index (χ3v) is 4.81. The van der Waals surface area contributed by atoms with Gasteiger partial charge in [-0.1, -0.05) is 31.3 Å². The van der Waals surface area contributed by atoms with Crippen molar-refractivity contribution in [3.05, 3.63) is 45.5 Å². The minimum absolute atomic E-state index is 0.0902. The SMILES string of the molecule is CC1(C)CCc2c(sc(=N)n2-c2cccc(F)c2)C1=O. The first-order chi connectivity index (χ1) is 9.40. The van der Waals surface area contributed by atoms with Gasteiger partial charge in [0.15, 0.2) is 10.6 Å². The van der Waals surface area contributed by atoms with Crippen molar-refractivity contribution in [2.75, 3.05) is 0 Å². The van der Waals surface area contributed by atoms with Gasteiger partial charge in [-0.15, -0.1) is 0 Å². The van der Waals surface area contributed by atoms with E-state index in [2.05, 4.69) is 0 Å². The van der Waals surface area contributed by atoms with Gasteiger partial charge in [-0.2, -0.15) is 0 Å². The number of thiazole rings is 1. The molecule has 0 saturated heterocycles. The number of nitrogens with zero attached hydrogens (tertiary/aromatic N) is 1. The molecular formula is C15H15FN2OS. The van der Waals surface area contributed by atoms with E-state index in [1.54, 1.807) is 16.7 Å². The zero-order valence-electron chi connectivity index (χ0n) is 11.4. The number of Topliss-reactive ketones (excluding diaryl/α,β-unsaturated/α-hetero) is 1. The summed E-state index contributed by atoms with van der Waals surface area (Å²) in [6.07, 6.45) is 1.49. The lowest BCUT2D eigenvalue weighted by Crippen LogP contribution is -2.30. The van der Waals surface area contributed by atoms with Crippen molar-refractivity contribution in [1.29, 1.82) is 5.41 Å². The minimum atomic E-state index is -0.371. The normalized spacial score (nSPS) is 17.1. The van der Waals surface area contributed by atoms with Crippen LogP contribution in [0.2, 0.25) is 0 Å². The second-order valence-corrected chi connectivity index (χ2v) is 6.71. The molecule has 0 aliphatic heterocycles. The van der Waals surface area contributed by atoms with E-state index in [4.69, 9.17) is 5.41 Å². The van der Waals surface area contributed by atoms with Crippen LogP contribution in [-0.4, -0.2) is 10.4 Å². The summed E-state index contributed by atoms with van der Waals surface area (Å²) < 4.78 is 15.1. The summed E-state index contributed by atoms with van der Waals surface area (Å²) in [7, 11) is 0. The molecular weight excluding hydrogens is 275 g/mol. The molecule has 5 heteroatoms. The average Bonchev–Trinajstić information content (AvgIpc) is 2.71. The first kappa shape index (κ1) is 13.2. The van der Waals surface area contributed by atoms with Crippen LogP contribution < -0.4 is 4.80 Å². The quantitative estimate of drug-likeness (QED) is 0.860. The van der Waals surface area contributed by atoms with Crippen molar-refractivity contribution in [2.45, 2.75) is 26.7 Å². The third-order valence-electron chi connectivity index (χ3n) is 3.81. The van der Waals surface area contributed by atoms with Gasteiger partial charge in [-0.3, -0.25) is 14.8 Å². The largest absolute Gasteiger partial charge is 0.293 e. The summed E-state index contributed by atoms with van der Waals surface area (Å²) in [5.74, 6) is -0.246. The lowest BCUT2D eigenvalue weighted by molar-refractivity contribution is 0.0814. The number of hydrogen-bond acceptors (Lipinski definition) is 3. The summed E-state index contributed by atoms with van der Waals surface area (Å²) in [5, 5.41) is 8.10. The maximum absolute atomic E-state index is 13.4. The van der Waals surface area contributed by atoms with E-state index < -0.39 is 0 Å². The Kier molecular flexibility index (Phi) is 2.90. The maximum atomic E-state index is 13.4. The molecule has 1 heterocycles. The van der Waals surface area contributed by atoms with Gasteiger partial charge in [0.1, 0.15) is 5.82 Å². The number of fused-ring (bicyclic) bond motifs is 1. The molecule has 2 aromatic rings. The predicted molar refractivity (Wildman–Crippen MR) is 75.9 cm³/mol. The van der Waals surface area contributed by atoms with Crippen LogP contribution >= 0.6 is 11.3 Å². The van der Waals surface area contributed by atoms with Gasteiger partial charge in [-0.05, 0) is 31.0 Å². The van der Waals surface area contributed by atoms with Crippen LogP contribution in [0.25, 0.3) is 5.69 Å². The van der Waals surface area contributed by atoms with E-state index in [0.717, 1.165) is 18.5 Å². The summed E-state index contributed by atoms with van der Waals surface area (Å²) >= 11 is 1.19. The zero-order chi connectivity index (χ0) is 14.5. The van der Waals surface area contributed by atoms with Crippen LogP contribution in [0, 0.1) is 16.6 Å². The van der Waals surface area contributed by atoms with Gasteiger partial charge in [-0.25, -0.2) is 4.39 Å². The van der Waals surface area contributed by atoms with Crippen molar-refractivity contribution in [3.8, 4) is 5.69 Å². The van der Waals surface area contributed by atoms with Gasteiger partial charge in [0, 0.05) is 11.1 Å². The Morgan fingerprint density at radius 3 is 2.85 bits per heavy atom. The maximum Gasteiger partial charge on any atom is 0.187 e. The Bertz CT molecular complexity index is 757. The molecule has 3 nitrogen and oxygen atoms in total. The van der Waals surface area contributed by atoms with E-state index in [0.29, 0.717) is 10.6 Å². The molecule has 1 aromatic heterocycles. The first-order valence-corrected chi connectivity index (χ1v) is 7.32. The molecule has 104 valence electrons. The van der Waals surface area contributed by atoms with Gasteiger partial charge >= 0.3 is 0 Å². The lowest BCUT2D eigenvalue weighted by atomic mass is 9.77. The van der Waals surface area contributed by atoms with E-state index in [-0.39, 0.29) is 21.8 Å². The van der Waals surface area contributed by atoms with Gasteiger partial charge in [0.2, 0.25) is 0 Å².